The molecule has 2 saturated carbocycles. The summed E-state index contributed by atoms with van der Waals surface area (Å²) in [5.41, 5.74) is 1.93. The molecule has 4 fully saturated rings. The van der Waals surface area contributed by atoms with Crippen LogP contribution in [0.2, 0.25) is 0 Å². The molecule has 2 saturated heterocycles. The topological polar surface area (TPSA) is 44.8 Å². The van der Waals surface area contributed by atoms with E-state index in [1.807, 2.05) is 0 Å². The maximum Gasteiger partial charge on any atom is 0.165 e. The summed E-state index contributed by atoms with van der Waals surface area (Å²) in [6.45, 7) is 11.9. The maximum absolute atomic E-state index is 11.7. The molecular formula is C22H34O4. The molecular weight excluding hydrogens is 328 g/mol. The number of hydrogen-bond donors (Lipinski definition) is 0. The molecule has 0 unspecified atom stereocenters. The summed E-state index contributed by atoms with van der Waals surface area (Å²) in [6, 6.07) is 0. The predicted octanol–water partition coefficient (Wildman–Crippen LogP) is 4.33. The first kappa shape index (κ1) is 18.6. The van der Waals surface area contributed by atoms with E-state index in [2.05, 4.69) is 27.4 Å². The number of hydrogen-bond acceptors (Lipinski definition) is 4. The molecule has 0 bridgehead atoms. The summed E-state index contributed by atoms with van der Waals surface area (Å²) in [4.78, 5) is 11.7. The van der Waals surface area contributed by atoms with Crippen molar-refractivity contribution in [2.24, 2.45) is 34.5 Å². The van der Waals surface area contributed by atoms with Crippen molar-refractivity contribution in [3.8, 4) is 0 Å². The molecule has 0 aromatic carbocycles. The number of carbonyl (C=O) groups is 1. The summed E-state index contributed by atoms with van der Waals surface area (Å²) in [5.74, 6) is 1.46. The molecule has 0 N–H and O–H groups in total. The number of fused-ring (bicyclic) bond motifs is 2. The van der Waals surface area contributed by atoms with Crippen LogP contribution in [-0.4, -0.2) is 32.1 Å². The van der Waals surface area contributed by atoms with Crippen LogP contribution < -0.4 is 0 Å². The van der Waals surface area contributed by atoms with Crippen molar-refractivity contribution in [2.75, 3.05) is 7.11 Å². The fraction of sp³-hybridized carbons (Fsp3) is 0.864. The Hall–Kier alpha value is -0.710. The highest BCUT2D eigenvalue weighted by atomic mass is 16.8. The van der Waals surface area contributed by atoms with Crippen LogP contribution in [-0.2, 0) is 19.0 Å². The van der Waals surface area contributed by atoms with Gasteiger partial charge in [0.1, 0.15) is 12.4 Å². The van der Waals surface area contributed by atoms with Gasteiger partial charge in [-0.3, -0.25) is 0 Å². The lowest BCUT2D eigenvalue weighted by molar-refractivity contribution is -0.198. The number of aldehydes is 1. The van der Waals surface area contributed by atoms with Crippen molar-refractivity contribution in [2.45, 2.75) is 78.0 Å². The Morgan fingerprint density at radius 3 is 2.65 bits per heavy atom. The van der Waals surface area contributed by atoms with E-state index in [1.54, 1.807) is 7.11 Å². The van der Waals surface area contributed by atoms with E-state index in [9.17, 15) is 4.79 Å². The van der Waals surface area contributed by atoms with Crippen molar-refractivity contribution in [3.05, 3.63) is 12.2 Å². The van der Waals surface area contributed by atoms with Gasteiger partial charge in [0.15, 0.2) is 12.6 Å². The van der Waals surface area contributed by atoms with Gasteiger partial charge >= 0.3 is 0 Å². The van der Waals surface area contributed by atoms with Crippen LogP contribution in [0.3, 0.4) is 0 Å². The zero-order chi connectivity index (χ0) is 18.7. The molecule has 4 rings (SSSR count). The molecule has 0 spiro atoms. The molecule has 4 nitrogen and oxygen atoms in total. The van der Waals surface area contributed by atoms with E-state index >= 15 is 0 Å². The summed E-state index contributed by atoms with van der Waals surface area (Å²) in [6.07, 6.45) is 7.12. The average Bonchev–Trinajstić information content (AvgIpc) is 3.23. The predicted molar refractivity (Wildman–Crippen MR) is 99.3 cm³/mol. The Morgan fingerprint density at radius 1 is 1.19 bits per heavy atom. The highest BCUT2D eigenvalue weighted by Gasteiger charge is 2.58. The number of methoxy groups -OCH3 is 1. The van der Waals surface area contributed by atoms with Gasteiger partial charge in [-0.25, -0.2) is 0 Å². The Kier molecular flexibility index (Phi) is 4.61. The molecule has 8 atom stereocenters. The number of ether oxygens (including phenoxy) is 3. The fourth-order valence-electron chi connectivity index (χ4n) is 7.13. The molecule has 146 valence electrons. The minimum Gasteiger partial charge on any atom is -0.356 e. The molecule has 0 radical (unpaired) electrons. The maximum atomic E-state index is 11.7. The number of rotatable bonds is 4. The van der Waals surface area contributed by atoms with Gasteiger partial charge in [0, 0.05) is 25.4 Å². The second kappa shape index (κ2) is 6.42. The van der Waals surface area contributed by atoms with Crippen molar-refractivity contribution >= 4 is 6.29 Å². The van der Waals surface area contributed by atoms with Crippen molar-refractivity contribution in [3.63, 3.8) is 0 Å². The van der Waals surface area contributed by atoms with Crippen LogP contribution in [0, 0.1) is 34.5 Å². The standard InChI is InChI=1S/C22H34O4/c1-13(15-7-8-17-21(2,3)9-6-10-22(15,17)4)19-14-11-18(24-5)26-20(14)25-16(19)12-23/h12,14-20H,1,6-11H2,2-5H3/t14-,15-,16-,17+,18-,19+,20-,22-/m1/s1. The summed E-state index contributed by atoms with van der Waals surface area (Å²) in [7, 11) is 1.67. The van der Waals surface area contributed by atoms with Gasteiger partial charge < -0.3 is 19.0 Å². The Labute approximate surface area is 157 Å². The van der Waals surface area contributed by atoms with E-state index in [4.69, 9.17) is 14.2 Å². The van der Waals surface area contributed by atoms with Gasteiger partial charge in [0.05, 0.1) is 0 Å². The third-order valence-corrected chi connectivity index (χ3v) is 8.30. The average molecular weight is 363 g/mol. The first-order valence-electron chi connectivity index (χ1n) is 10.3. The zero-order valence-corrected chi connectivity index (χ0v) is 16.7. The normalized spacial score (nSPS) is 49.6. The van der Waals surface area contributed by atoms with Crippen molar-refractivity contribution < 1.29 is 19.0 Å². The van der Waals surface area contributed by atoms with Crippen LogP contribution in [0.25, 0.3) is 0 Å². The van der Waals surface area contributed by atoms with Crippen LogP contribution >= 0.6 is 0 Å². The summed E-state index contributed by atoms with van der Waals surface area (Å²) < 4.78 is 17.2. The lowest BCUT2D eigenvalue weighted by Gasteiger charge is -2.50. The second-order valence-corrected chi connectivity index (χ2v) is 9.94. The first-order chi connectivity index (χ1) is 12.3. The van der Waals surface area contributed by atoms with Gasteiger partial charge in [-0.2, -0.15) is 0 Å². The quantitative estimate of drug-likeness (QED) is 0.551. The van der Waals surface area contributed by atoms with Crippen LogP contribution in [0.15, 0.2) is 12.2 Å². The molecule has 26 heavy (non-hydrogen) atoms. The fourth-order valence-corrected chi connectivity index (χ4v) is 7.13. The highest BCUT2D eigenvalue weighted by Crippen LogP contribution is 2.64. The van der Waals surface area contributed by atoms with Gasteiger partial charge in [0.2, 0.25) is 0 Å². The smallest absolute Gasteiger partial charge is 0.165 e. The minimum absolute atomic E-state index is 0.0586. The van der Waals surface area contributed by atoms with Gasteiger partial charge in [-0.1, -0.05) is 39.3 Å². The van der Waals surface area contributed by atoms with E-state index < -0.39 is 6.10 Å². The van der Waals surface area contributed by atoms with Gasteiger partial charge in [-0.05, 0) is 48.3 Å². The third kappa shape index (κ3) is 2.63. The molecule has 2 aliphatic heterocycles. The van der Waals surface area contributed by atoms with E-state index in [1.165, 1.54) is 37.7 Å². The molecule has 4 aliphatic rings. The molecule has 2 heterocycles. The second-order valence-electron chi connectivity index (χ2n) is 9.94. The molecule has 4 heteroatoms. The SMILES string of the molecule is C=C([C@H]1[C@H]2C[C@H](OC)O[C@H]2O[C@@H]1C=O)[C@H]1CC[C@H]2C(C)(C)CCC[C@]12C. The van der Waals surface area contributed by atoms with Gasteiger partial charge in [0.25, 0.3) is 0 Å². The summed E-state index contributed by atoms with van der Waals surface area (Å²) >= 11 is 0. The lowest BCUT2D eigenvalue weighted by atomic mass is 9.54. The van der Waals surface area contributed by atoms with Crippen LogP contribution in [0.5, 0.6) is 0 Å². The monoisotopic (exact) mass is 362 g/mol. The van der Waals surface area contributed by atoms with Crippen molar-refractivity contribution in [1.82, 2.24) is 0 Å². The Balaban J connectivity index is 1.59. The number of carbonyl (C=O) groups excluding carboxylic acids is 1. The lowest BCUT2D eigenvalue weighted by Crippen LogP contribution is -2.43. The largest absolute Gasteiger partial charge is 0.356 e. The van der Waals surface area contributed by atoms with E-state index in [0.717, 1.165) is 18.6 Å². The van der Waals surface area contributed by atoms with Crippen LogP contribution in [0.1, 0.15) is 59.3 Å². The Morgan fingerprint density at radius 2 is 1.96 bits per heavy atom. The summed E-state index contributed by atoms with van der Waals surface area (Å²) in [5, 5.41) is 0. The third-order valence-electron chi connectivity index (χ3n) is 8.30. The Bertz CT molecular complexity index is 585. The molecule has 0 aromatic heterocycles. The molecule has 0 aromatic rings. The van der Waals surface area contributed by atoms with E-state index in [-0.39, 0.29) is 24.4 Å². The van der Waals surface area contributed by atoms with Gasteiger partial charge in [-0.15, -0.1) is 0 Å². The first-order valence-corrected chi connectivity index (χ1v) is 10.3. The van der Waals surface area contributed by atoms with Crippen LogP contribution in [0.4, 0.5) is 0 Å². The minimum atomic E-state index is -0.422. The van der Waals surface area contributed by atoms with Crippen molar-refractivity contribution in [1.29, 1.82) is 0 Å². The zero-order valence-electron chi connectivity index (χ0n) is 16.7. The molecule has 0 amide bonds. The molecule has 2 aliphatic carbocycles. The van der Waals surface area contributed by atoms with E-state index in [0.29, 0.717) is 16.7 Å². The highest BCUT2D eigenvalue weighted by molar-refractivity contribution is 5.59.